The lowest BCUT2D eigenvalue weighted by atomic mass is 9.73. The number of nitrogens with zero attached hydrogens (tertiary/aromatic N) is 5. The van der Waals surface area contributed by atoms with E-state index < -0.39 is 0 Å². The van der Waals surface area contributed by atoms with Crippen LogP contribution in [-0.2, 0) is 13.0 Å². The van der Waals surface area contributed by atoms with E-state index in [2.05, 4.69) is 31.6 Å². The van der Waals surface area contributed by atoms with Gasteiger partial charge in [0.25, 0.3) is 5.91 Å². The van der Waals surface area contributed by atoms with Crippen molar-refractivity contribution in [1.82, 2.24) is 24.6 Å². The molecule has 25 heavy (non-hydrogen) atoms. The van der Waals surface area contributed by atoms with Gasteiger partial charge in [0.15, 0.2) is 0 Å². The Morgan fingerprint density at radius 2 is 1.68 bits per heavy atom. The van der Waals surface area contributed by atoms with Gasteiger partial charge < -0.3 is 14.4 Å². The second-order valence-electron chi connectivity index (χ2n) is 8.35. The molecule has 138 valence electrons. The third-order valence-electron chi connectivity index (χ3n) is 6.68. The number of carbonyl (C=O) groups excluding carboxylic acids is 1. The van der Waals surface area contributed by atoms with Gasteiger partial charge in [-0.25, -0.2) is 0 Å². The van der Waals surface area contributed by atoms with Crippen molar-refractivity contribution in [1.29, 1.82) is 0 Å². The van der Waals surface area contributed by atoms with Crippen LogP contribution in [-0.4, -0.2) is 63.7 Å². The van der Waals surface area contributed by atoms with Gasteiger partial charge in [0.2, 0.25) is 5.82 Å². The summed E-state index contributed by atoms with van der Waals surface area (Å²) in [6, 6.07) is 0. The van der Waals surface area contributed by atoms with Gasteiger partial charge in [0, 0.05) is 26.1 Å². The molecule has 4 heterocycles. The molecule has 3 aliphatic rings. The molecule has 1 amide bonds. The first-order valence-electron chi connectivity index (χ1n) is 10.1. The van der Waals surface area contributed by atoms with Crippen LogP contribution in [0.2, 0.25) is 0 Å². The van der Waals surface area contributed by atoms with Gasteiger partial charge in [-0.3, -0.25) is 4.79 Å². The van der Waals surface area contributed by atoms with Gasteiger partial charge in [-0.1, -0.05) is 6.42 Å². The van der Waals surface area contributed by atoms with Crippen molar-refractivity contribution in [3.8, 4) is 0 Å². The third kappa shape index (κ3) is 3.46. The van der Waals surface area contributed by atoms with E-state index in [0.29, 0.717) is 11.2 Å². The average Bonchev–Trinajstić information content (AvgIpc) is 2.78. The molecule has 3 aliphatic heterocycles. The summed E-state index contributed by atoms with van der Waals surface area (Å²) in [5.41, 5.74) is 0.462. The Balaban J connectivity index is 1.46. The van der Waals surface area contributed by atoms with Crippen molar-refractivity contribution in [2.75, 3.05) is 33.2 Å². The van der Waals surface area contributed by atoms with Crippen molar-refractivity contribution in [3.05, 3.63) is 11.6 Å². The molecule has 6 heteroatoms. The van der Waals surface area contributed by atoms with Gasteiger partial charge in [0.1, 0.15) is 5.82 Å². The van der Waals surface area contributed by atoms with Gasteiger partial charge >= 0.3 is 0 Å². The quantitative estimate of drug-likeness (QED) is 0.784. The molecule has 0 bridgehead atoms. The number of piperidine rings is 1. The minimum atomic E-state index is 0.102. The molecule has 2 fully saturated rings. The fraction of sp³-hybridized carbons (Fsp3) is 0.842. The Morgan fingerprint density at radius 1 is 0.880 bits per heavy atom. The SMILES string of the molecule is CN1CCC2(CCCN(C(=O)c3nnc4n3CCCCC4)CC2)CC1. The lowest BCUT2D eigenvalue weighted by Crippen LogP contribution is -2.39. The zero-order chi connectivity index (χ0) is 17.3. The van der Waals surface area contributed by atoms with Crippen LogP contribution in [0.15, 0.2) is 0 Å². The van der Waals surface area contributed by atoms with Gasteiger partial charge in [-0.05, 0) is 70.5 Å². The summed E-state index contributed by atoms with van der Waals surface area (Å²) in [5.74, 6) is 1.68. The first-order chi connectivity index (χ1) is 12.2. The van der Waals surface area contributed by atoms with E-state index >= 15 is 0 Å². The summed E-state index contributed by atoms with van der Waals surface area (Å²) in [6.45, 7) is 5.05. The molecule has 0 aliphatic carbocycles. The molecular formula is C19H31N5O. The minimum Gasteiger partial charge on any atom is -0.336 e. The van der Waals surface area contributed by atoms with Crippen LogP contribution in [0.4, 0.5) is 0 Å². The average molecular weight is 345 g/mol. The minimum absolute atomic E-state index is 0.102. The largest absolute Gasteiger partial charge is 0.336 e. The van der Waals surface area contributed by atoms with Gasteiger partial charge in [-0.2, -0.15) is 0 Å². The van der Waals surface area contributed by atoms with Gasteiger partial charge in [0.05, 0.1) is 0 Å². The topological polar surface area (TPSA) is 54.3 Å². The first kappa shape index (κ1) is 17.0. The van der Waals surface area contributed by atoms with E-state index in [1.54, 1.807) is 0 Å². The summed E-state index contributed by atoms with van der Waals surface area (Å²) < 4.78 is 2.09. The van der Waals surface area contributed by atoms with Crippen LogP contribution < -0.4 is 0 Å². The Labute approximate surface area is 150 Å². The molecule has 6 nitrogen and oxygen atoms in total. The van der Waals surface area contributed by atoms with Crippen LogP contribution in [0.5, 0.6) is 0 Å². The van der Waals surface area contributed by atoms with E-state index in [1.165, 1.54) is 38.8 Å². The number of fused-ring (bicyclic) bond motifs is 1. The number of amides is 1. The molecule has 1 spiro atoms. The predicted molar refractivity (Wildman–Crippen MR) is 96.5 cm³/mol. The lowest BCUT2D eigenvalue weighted by molar-refractivity contribution is 0.0717. The van der Waals surface area contributed by atoms with Crippen molar-refractivity contribution in [3.63, 3.8) is 0 Å². The summed E-state index contributed by atoms with van der Waals surface area (Å²) in [7, 11) is 2.22. The third-order valence-corrected chi connectivity index (χ3v) is 6.68. The number of carbonyl (C=O) groups is 1. The van der Waals surface area contributed by atoms with Crippen molar-refractivity contribution >= 4 is 5.91 Å². The Hall–Kier alpha value is -1.43. The Bertz CT molecular complexity index is 617. The molecule has 2 saturated heterocycles. The van der Waals surface area contributed by atoms with Crippen molar-refractivity contribution in [2.24, 2.45) is 5.41 Å². The molecule has 0 aromatic carbocycles. The first-order valence-corrected chi connectivity index (χ1v) is 10.1. The van der Waals surface area contributed by atoms with Gasteiger partial charge in [-0.15, -0.1) is 10.2 Å². The van der Waals surface area contributed by atoms with Crippen LogP contribution >= 0.6 is 0 Å². The fourth-order valence-corrected chi connectivity index (χ4v) is 4.83. The molecule has 4 rings (SSSR count). The number of likely N-dealkylation sites (tertiary alicyclic amines) is 2. The number of aryl methyl sites for hydroxylation is 1. The Morgan fingerprint density at radius 3 is 2.52 bits per heavy atom. The highest BCUT2D eigenvalue weighted by Gasteiger charge is 2.36. The Kier molecular flexibility index (Phi) is 4.80. The fourth-order valence-electron chi connectivity index (χ4n) is 4.83. The molecule has 1 aromatic heterocycles. The number of hydrogen-bond donors (Lipinski definition) is 0. The van der Waals surface area contributed by atoms with Crippen LogP contribution in [0.3, 0.4) is 0 Å². The van der Waals surface area contributed by atoms with Crippen LogP contribution in [0.25, 0.3) is 0 Å². The van der Waals surface area contributed by atoms with Crippen LogP contribution in [0.1, 0.15) is 67.8 Å². The molecule has 1 aromatic rings. The predicted octanol–water partition coefficient (Wildman–Crippen LogP) is 2.34. The number of rotatable bonds is 1. The van der Waals surface area contributed by atoms with E-state index in [0.717, 1.165) is 57.6 Å². The summed E-state index contributed by atoms with van der Waals surface area (Å²) in [5, 5.41) is 8.58. The molecule has 0 radical (unpaired) electrons. The highest BCUT2D eigenvalue weighted by atomic mass is 16.2. The molecule has 0 saturated carbocycles. The molecule has 0 unspecified atom stereocenters. The monoisotopic (exact) mass is 345 g/mol. The van der Waals surface area contributed by atoms with Crippen molar-refractivity contribution in [2.45, 2.75) is 64.3 Å². The maximum absolute atomic E-state index is 13.1. The molecule has 0 N–H and O–H groups in total. The smallest absolute Gasteiger partial charge is 0.291 e. The second-order valence-corrected chi connectivity index (χ2v) is 8.35. The summed E-state index contributed by atoms with van der Waals surface area (Å²) in [6.07, 6.45) is 10.6. The highest BCUT2D eigenvalue weighted by Crippen LogP contribution is 2.41. The molecule has 0 atom stereocenters. The highest BCUT2D eigenvalue weighted by molar-refractivity contribution is 5.90. The zero-order valence-electron chi connectivity index (χ0n) is 15.5. The summed E-state index contributed by atoms with van der Waals surface area (Å²) in [4.78, 5) is 17.6. The maximum Gasteiger partial charge on any atom is 0.291 e. The van der Waals surface area contributed by atoms with Crippen molar-refractivity contribution < 1.29 is 4.79 Å². The van der Waals surface area contributed by atoms with E-state index in [4.69, 9.17) is 0 Å². The number of aromatic nitrogens is 3. The van der Waals surface area contributed by atoms with E-state index in [1.807, 2.05) is 0 Å². The lowest BCUT2D eigenvalue weighted by Gasteiger charge is -2.40. The standard InChI is InChI=1S/C19H31N5O/c1-22-13-8-19(9-14-22)7-5-11-23(15-10-19)18(25)17-21-20-16-6-3-2-4-12-24(16)17/h2-15H2,1H3. The zero-order valence-corrected chi connectivity index (χ0v) is 15.5. The second kappa shape index (κ2) is 7.06. The molecular weight excluding hydrogens is 314 g/mol. The summed E-state index contributed by atoms with van der Waals surface area (Å²) >= 11 is 0. The van der Waals surface area contributed by atoms with Crippen LogP contribution in [0, 0.1) is 5.41 Å². The normalized spacial score (nSPS) is 24.6. The maximum atomic E-state index is 13.1. The van der Waals surface area contributed by atoms with E-state index in [9.17, 15) is 4.79 Å². The van der Waals surface area contributed by atoms with E-state index in [-0.39, 0.29) is 5.91 Å². The number of hydrogen-bond acceptors (Lipinski definition) is 4.